The summed E-state index contributed by atoms with van der Waals surface area (Å²) in [5.41, 5.74) is 12.2. The van der Waals surface area contributed by atoms with E-state index in [4.69, 9.17) is 11.5 Å². The molecule has 1 fully saturated rings. The van der Waals surface area contributed by atoms with Crippen molar-refractivity contribution in [3.63, 3.8) is 0 Å². The van der Waals surface area contributed by atoms with Crippen molar-refractivity contribution in [2.75, 3.05) is 12.3 Å². The maximum atomic E-state index is 12.4. The van der Waals surface area contributed by atoms with Gasteiger partial charge in [-0.05, 0) is 5.92 Å². The van der Waals surface area contributed by atoms with Gasteiger partial charge in [-0.2, -0.15) is 5.10 Å². The highest BCUT2D eigenvalue weighted by atomic mass is 16.3. The van der Waals surface area contributed by atoms with E-state index in [0.29, 0.717) is 5.69 Å². The summed E-state index contributed by atoms with van der Waals surface area (Å²) >= 11 is 0. The number of anilines is 1. The molecule has 8 nitrogen and oxygen atoms in total. The number of likely N-dealkylation sites (tertiary alicyclic amines) is 1. The molecular weight excluding hydrogens is 262 g/mol. The number of rotatable bonds is 3. The molecule has 0 bridgehead atoms. The molecule has 2 unspecified atom stereocenters. The van der Waals surface area contributed by atoms with Crippen LogP contribution in [0.5, 0.6) is 0 Å². The SMILES string of the molecule is CC(C)c1[nH]nc(C(=O)N2CC(O)CC2C(N)=O)c1N. The van der Waals surface area contributed by atoms with Crippen LogP contribution < -0.4 is 11.5 Å². The predicted molar refractivity (Wildman–Crippen MR) is 71.7 cm³/mol. The van der Waals surface area contributed by atoms with Crippen molar-refractivity contribution in [3.8, 4) is 0 Å². The maximum Gasteiger partial charge on any atom is 0.277 e. The number of nitrogen functional groups attached to an aromatic ring is 1. The van der Waals surface area contributed by atoms with E-state index in [1.807, 2.05) is 13.8 Å². The van der Waals surface area contributed by atoms with Gasteiger partial charge in [0.05, 0.1) is 17.5 Å². The van der Waals surface area contributed by atoms with Crippen LogP contribution in [-0.4, -0.2) is 50.7 Å². The number of primary amides is 1. The molecule has 1 aliphatic heterocycles. The van der Waals surface area contributed by atoms with Crippen LogP contribution >= 0.6 is 0 Å². The molecule has 2 rings (SSSR count). The van der Waals surface area contributed by atoms with Gasteiger partial charge in [0.2, 0.25) is 5.91 Å². The number of carbonyl (C=O) groups is 2. The lowest BCUT2D eigenvalue weighted by Gasteiger charge is -2.21. The van der Waals surface area contributed by atoms with E-state index >= 15 is 0 Å². The fourth-order valence-corrected chi connectivity index (χ4v) is 2.41. The fraction of sp³-hybridized carbons (Fsp3) is 0.583. The Balaban J connectivity index is 2.29. The lowest BCUT2D eigenvalue weighted by molar-refractivity contribution is -0.121. The Bertz CT molecular complexity index is 539. The van der Waals surface area contributed by atoms with E-state index in [-0.39, 0.29) is 30.3 Å². The first-order valence-corrected chi connectivity index (χ1v) is 6.45. The van der Waals surface area contributed by atoms with Gasteiger partial charge in [0.15, 0.2) is 5.69 Å². The Hall–Kier alpha value is -2.09. The highest BCUT2D eigenvalue weighted by molar-refractivity contribution is 6.00. The zero-order chi connectivity index (χ0) is 15.0. The topological polar surface area (TPSA) is 138 Å². The van der Waals surface area contributed by atoms with Gasteiger partial charge in [-0.1, -0.05) is 13.8 Å². The highest BCUT2D eigenvalue weighted by Gasteiger charge is 2.39. The summed E-state index contributed by atoms with van der Waals surface area (Å²) in [5.74, 6) is -1.04. The van der Waals surface area contributed by atoms with E-state index in [2.05, 4.69) is 10.2 Å². The summed E-state index contributed by atoms with van der Waals surface area (Å²) in [6.45, 7) is 3.89. The van der Waals surface area contributed by atoms with Crippen molar-refractivity contribution in [1.29, 1.82) is 0 Å². The zero-order valence-corrected chi connectivity index (χ0v) is 11.5. The third-order valence-corrected chi connectivity index (χ3v) is 3.48. The summed E-state index contributed by atoms with van der Waals surface area (Å²) in [5, 5.41) is 16.3. The summed E-state index contributed by atoms with van der Waals surface area (Å²) in [6.07, 6.45) is -0.621. The lowest BCUT2D eigenvalue weighted by Crippen LogP contribution is -2.44. The second-order valence-corrected chi connectivity index (χ2v) is 5.32. The van der Waals surface area contributed by atoms with Crippen molar-refractivity contribution in [2.24, 2.45) is 5.73 Å². The van der Waals surface area contributed by atoms with Gasteiger partial charge in [0, 0.05) is 13.0 Å². The summed E-state index contributed by atoms with van der Waals surface area (Å²) in [6, 6.07) is -0.823. The van der Waals surface area contributed by atoms with Crippen LogP contribution in [0.1, 0.15) is 42.4 Å². The number of amides is 2. The van der Waals surface area contributed by atoms with Crippen LogP contribution in [0.15, 0.2) is 0 Å². The molecule has 8 heteroatoms. The van der Waals surface area contributed by atoms with Gasteiger partial charge in [0.1, 0.15) is 6.04 Å². The number of aromatic nitrogens is 2. The second-order valence-electron chi connectivity index (χ2n) is 5.32. The van der Waals surface area contributed by atoms with Crippen LogP contribution in [0.2, 0.25) is 0 Å². The average Bonchev–Trinajstić information content (AvgIpc) is 2.91. The number of carbonyl (C=O) groups excluding carboxylic acids is 2. The largest absolute Gasteiger partial charge is 0.395 e. The molecule has 6 N–H and O–H groups in total. The minimum atomic E-state index is -0.823. The molecule has 2 amide bonds. The minimum Gasteiger partial charge on any atom is -0.395 e. The molecule has 1 aromatic heterocycles. The normalized spacial score (nSPS) is 22.5. The quantitative estimate of drug-likeness (QED) is 0.573. The number of aromatic amines is 1. The first-order chi connectivity index (χ1) is 9.32. The van der Waals surface area contributed by atoms with Gasteiger partial charge in [0.25, 0.3) is 5.91 Å². The Morgan fingerprint density at radius 1 is 1.50 bits per heavy atom. The summed E-state index contributed by atoms with van der Waals surface area (Å²) < 4.78 is 0. The molecule has 1 saturated heterocycles. The molecule has 2 heterocycles. The van der Waals surface area contributed by atoms with Gasteiger partial charge in [-0.3, -0.25) is 14.7 Å². The van der Waals surface area contributed by atoms with Crippen LogP contribution in [-0.2, 0) is 4.79 Å². The van der Waals surface area contributed by atoms with Crippen molar-refractivity contribution in [1.82, 2.24) is 15.1 Å². The second kappa shape index (κ2) is 5.12. The Morgan fingerprint density at radius 2 is 2.15 bits per heavy atom. The molecule has 0 aromatic carbocycles. The monoisotopic (exact) mass is 281 g/mol. The number of hydrogen-bond acceptors (Lipinski definition) is 5. The molecule has 110 valence electrons. The number of nitrogens with two attached hydrogens (primary N) is 2. The Morgan fingerprint density at radius 3 is 2.65 bits per heavy atom. The summed E-state index contributed by atoms with van der Waals surface area (Å²) in [4.78, 5) is 25.0. The van der Waals surface area contributed by atoms with E-state index < -0.39 is 24.0 Å². The fourth-order valence-electron chi connectivity index (χ4n) is 2.41. The molecular formula is C12H19N5O3. The molecule has 0 aliphatic carbocycles. The van der Waals surface area contributed by atoms with Gasteiger partial charge in [-0.15, -0.1) is 0 Å². The molecule has 0 radical (unpaired) electrons. The van der Waals surface area contributed by atoms with Crippen LogP contribution in [0.3, 0.4) is 0 Å². The zero-order valence-electron chi connectivity index (χ0n) is 11.5. The van der Waals surface area contributed by atoms with E-state index in [1.165, 1.54) is 4.90 Å². The molecule has 2 atom stereocenters. The summed E-state index contributed by atoms with van der Waals surface area (Å²) in [7, 11) is 0. The smallest absolute Gasteiger partial charge is 0.277 e. The minimum absolute atomic E-state index is 0.0513. The molecule has 1 aromatic rings. The van der Waals surface area contributed by atoms with E-state index in [9.17, 15) is 14.7 Å². The predicted octanol–water partition coefficient (Wildman–Crippen LogP) is -0.824. The molecule has 1 aliphatic rings. The van der Waals surface area contributed by atoms with Crippen molar-refractivity contribution >= 4 is 17.5 Å². The van der Waals surface area contributed by atoms with Crippen molar-refractivity contribution < 1.29 is 14.7 Å². The molecule has 20 heavy (non-hydrogen) atoms. The van der Waals surface area contributed by atoms with Crippen molar-refractivity contribution in [3.05, 3.63) is 11.4 Å². The standard InChI is InChI=1S/C12H19N5O3/c1-5(2)9-8(13)10(16-15-9)12(20)17-4-6(18)3-7(17)11(14)19/h5-7,18H,3-4,13H2,1-2H3,(H2,14,19)(H,15,16). The highest BCUT2D eigenvalue weighted by Crippen LogP contribution is 2.26. The van der Waals surface area contributed by atoms with Gasteiger partial charge >= 0.3 is 0 Å². The van der Waals surface area contributed by atoms with Gasteiger partial charge < -0.3 is 21.5 Å². The van der Waals surface area contributed by atoms with Crippen LogP contribution in [0.25, 0.3) is 0 Å². The third-order valence-electron chi connectivity index (χ3n) is 3.48. The Kier molecular flexibility index (Phi) is 3.67. The van der Waals surface area contributed by atoms with Crippen LogP contribution in [0.4, 0.5) is 5.69 Å². The number of aliphatic hydroxyl groups is 1. The van der Waals surface area contributed by atoms with Crippen LogP contribution in [0, 0.1) is 0 Å². The van der Waals surface area contributed by atoms with Crippen molar-refractivity contribution in [2.45, 2.75) is 38.3 Å². The number of β-amino-alcohol motifs (C(OH)–C–C–N with tert-alkyl or cyclic N) is 1. The maximum absolute atomic E-state index is 12.4. The number of nitrogens with zero attached hydrogens (tertiary/aromatic N) is 2. The first-order valence-electron chi connectivity index (χ1n) is 6.45. The van der Waals surface area contributed by atoms with Gasteiger partial charge in [-0.25, -0.2) is 0 Å². The number of H-pyrrole nitrogens is 1. The number of hydrogen-bond donors (Lipinski definition) is 4. The van der Waals surface area contributed by atoms with E-state index in [0.717, 1.165) is 0 Å². The Labute approximate surface area is 116 Å². The third kappa shape index (κ3) is 2.34. The number of nitrogens with one attached hydrogen (secondary N) is 1. The molecule has 0 saturated carbocycles. The van der Waals surface area contributed by atoms with E-state index in [1.54, 1.807) is 0 Å². The number of aliphatic hydroxyl groups excluding tert-OH is 1. The average molecular weight is 281 g/mol. The molecule has 0 spiro atoms. The lowest BCUT2D eigenvalue weighted by atomic mass is 10.1. The first kappa shape index (κ1) is 14.3.